The molecule has 0 saturated heterocycles. The molecule has 0 aromatic carbocycles. The minimum atomic E-state index is -3.67. The van der Waals surface area contributed by atoms with Crippen LogP contribution in [0.4, 0.5) is 0 Å². The number of unbranched alkanes of at least 4 members (excludes halogenated alkanes) is 1. The normalized spacial score (nSPS) is 12.2. The Bertz CT molecular complexity index is 854. The summed E-state index contributed by atoms with van der Waals surface area (Å²) >= 11 is 11.2. The summed E-state index contributed by atoms with van der Waals surface area (Å²) in [6, 6.07) is 5.48. The number of nitrogens with zero attached hydrogens (tertiary/aromatic N) is 2. The minimum absolute atomic E-state index is 0.0119. The summed E-state index contributed by atoms with van der Waals surface area (Å²) in [7, 11) is -7.34. The van der Waals surface area contributed by atoms with Crippen LogP contribution in [0.5, 0.6) is 0 Å². The van der Waals surface area contributed by atoms with E-state index >= 15 is 0 Å². The highest BCUT2D eigenvalue weighted by molar-refractivity contribution is 7.89. The lowest BCUT2D eigenvalue weighted by Gasteiger charge is -2.08. The van der Waals surface area contributed by atoms with Crippen LogP contribution in [0.25, 0.3) is 0 Å². The molecule has 2 heterocycles. The van der Waals surface area contributed by atoms with E-state index in [0.29, 0.717) is 12.8 Å². The van der Waals surface area contributed by atoms with Crippen molar-refractivity contribution in [3.05, 3.63) is 47.0 Å². The third kappa shape index (κ3) is 6.15. The first-order chi connectivity index (χ1) is 12.2. The second kappa shape index (κ2) is 9.07. The van der Waals surface area contributed by atoms with Crippen LogP contribution in [0.2, 0.25) is 10.3 Å². The number of nitrogens with one attached hydrogen (secondary N) is 2. The standard InChI is InChI=1S/C14H16Cl2N4O4S2/c15-13-5-3-11(9-17-13)25(21,22)19-7-1-2-8-20-26(23,24)12-4-6-14(16)18-10-12/h3-6,9-10,19-20H,1-2,7-8H2. The molecule has 0 radical (unpaired) electrons. The van der Waals surface area contributed by atoms with E-state index < -0.39 is 20.0 Å². The van der Waals surface area contributed by atoms with E-state index in [-0.39, 0.29) is 33.2 Å². The summed E-state index contributed by atoms with van der Waals surface area (Å²) in [5.74, 6) is 0. The Kier molecular flexibility index (Phi) is 7.33. The molecule has 8 nitrogen and oxygen atoms in total. The van der Waals surface area contributed by atoms with Crippen molar-refractivity contribution in [2.75, 3.05) is 13.1 Å². The maximum atomic E-state index is 12.0. The molecule has 12 heteroatoms. The first-order valence-corrected chi connectivity index (χ1v) is 11.2. The van der Waals surface area contributed by atoms with Gasteiger partial charge in [-0.2, -0.15) is 0 Å². The zero-order valence-electron chi connectivity index (χ0n) is 13.4. The van der Waals surface area contributed by atoms with Gasteiger partial charge in [0.15, 0.2) is 0 Å². The van der Waals surface area contributed by atoms with Crippen molar-refractivity contribution in [2.24, 2.45) is 0 Å². The number of rotatable bonds is 9. The monoisotopic (exact) mass is 438 g/mol. The van der Waals surface area contributed by atoms with Gasteiger partial charge in [-0.25, -0.2) is 36.2 Å². The molecular weight excluding hydrogens is 423 g/mol. The molecule has 26 heavy (non-hydrogen) atoms. The van der Waals surface area contributed by atoms with Crippen molar-refractivity contribution in [1.82, 2.24) is 19.4 Å². The van der Waals surface area contributed by atoms with Crippen LogP contribution in [0.3, 0.4) is 0 Å². The fourth-order valence-corrected chi connectivity index (χ4v) is 4.13. The largest absolute Gasteiger partial charge is 0.243 e. The van der Waals surface area contributed by atoms with Crippen LogP contribution < -0.4 is 9.44 Å². The lowest BCUT2D eigenvalue weighted by atomic mass is 10.3. The van der Waals surface area contributed by atoms with Crippen molar-refractivity contribution < 1.29 is 16.8 Å². The Morgan fingerprint density at radius 1 is 0.731 bits per heavy atom. The Balaban J connectivity index is 1.75. The zero-order valence-corrected chi connectivity index (χ0v) is 16.5. The van der Waals surface area contributed by atoms with Crippen molar-refractivity contribution in [3.8, 4) is 0 Å². The van der Waals surface area contributed by atoms with Crippen molar-refractivity contribution in [1.29, 1.82) is 0 Å². The Morgan fingerprint density at radius 3 is 1.42 bits per heavy atom. The first kappa shape index (κ1) is 21.0. The molecule has 2 N–H and O–H groups in total. The lowest BCUT2D eigenvalue weighted by Crippen LogP contribution is -2.27. The molecule has 142 valence electrons. The highest BCUT2D eigenvalue weighted by Gasteiger charge is 2.15. The second-order valence-electron chi connectivity index (χ2n) is 5.14. The molecule has 0 saturated carbocycles. The molecule has 0 aliphatic heterocycles. The number of aromatic nitrogens is 2. The van der Waals surface area contributed by atoms with Crippen molar-refractivity contribution in [2.45, 2.75) is 22.6 Å². The van der Waals surface area contributed by atoms with Crippen LogP contribution in [-0.4, -0.2) is 39.9 Å². The average molecular weight is 439 g/mol. The topological polar surface area (TPSA) is 118 Å². The Labute approximate surface area is 162 Å². The molecule has 2 rings (SSSR count). The molecule has 2 aromatic heterocycles. The van der Waals surface area contributed by atoms with Gasteiger partial charge in [0.25, 0.3) is 0 Å². The smallest absolute Gasteiger partial charge is 0.242 e. The lowest BCUT2D eigenvalue weighted by molar-refractivity contribution is 0.567. The third-order valence-corrected chi connectivity index (χ3v) is 6.55. The number of halogens is 2. The molecule has 0 fully saturated rings. The Morgan fingerprint density at radius 2 is 1.12 bits per heavy atom. The van der Waals surface area contributed by atoms with Gasteiger partial charge in [-0.1, -0.05) is 23.2 Å². The molecule has 0 bridgehead atoms. The predicted octanol–water partition coefficient (Wildman–Crippen LogP) is 1.82. The molecular formula is C14H16Cl2N4O4S2. The summed E-state index contributed by atoms with van der Waals surface area (Å²) in [5, 5.41) is 0.402. The average Bonchev–Trinajstić information content (AvgIpc) is 2.58. The van der Waals surface area contributed by atoms with Crippen molar-refractivity contribution >= 4 is 43.2 Å². The van der Waals surface area contributed by atoms with Gasteiger partial charge in [0.1, 0.15) is 20.1 Å². The highest BCUT2D eigenvalue weighted by atomic mass is 35.5. The van der Waals surface area contributed by atoms with Crippen LogP contribution in [0.15, 0.2) is 46.5 Å². The molecule has 0 atom stereocenters. The number of pyridine rings is 2. The number of hydrogen-bond donors (Lipinski definition) is 2. The summed E-state index contributed by atoms with van der Waals surface area (Å²) in [5.41, 5.74) is 0. The SMILES string of the molecule is O=S(=O)(NCCCCNS(=O)(=O)c1ccc(Cl)nc1)c1ccc(Cl)nc1. The van der Waals surface area contributed by atoms with Crippen LogP contribution in [0, 0.1) is 0 Å². The van der Waals surface area contributed by atoms with Gasteiger partial charge >= 0.3 is 0 Å². The highest BCUT2D eigenvalue weighted by Crippen LogP contribution is 2.11. The van der Waals surface area contributed by atoms with Gasteiger partial charge in [-0.3, -0.25) is 0 Å². The molecule has 0 unspecified atom stereocenters. The summed E-state index contributed by atoms with van der Waals surface area (Å²) < 4.78 is 52.9. The second-order valence-corrected chi connectivity index (χ2v) is 9.44. The van der Waals surface area contributed by atoms with Crippen LogP contribution in [0.1, 0.15) is 12.8 Å². The Hall–Kier alpha value is -1.30. The van der Waals surface area contributed by atoms with E-state index in [9.17, 15) is 16.8 Å². The summed E-state index contributed by atoms with van der Waals surface area (Å²) in [6.07, 6.45) is 3.22. The molecule has 0 spiro atoms. The molecule has 2 aromatic rings. The van der Waals surface area contributed by atoms with Gasteiger partial charge in [0, 0.05) is 25.5 Å². The van der Waals surface area contributed by atoms with E-state index in [2.05, 4.69) is 19.4 Å². The first-order valence-electron chi connectivity index (χ1n) is 7.43. The van der Waals surface area contributed by atoms with E-state index in [0.717, 1.165) is 0 Å². The number of hydrogen-bond acceptors (Lipinski definition) is 6. The van der Waals surface area contributed by atoms with Gasteiger partial charge < -0.3 is 0 Å². The number of sulfonamides is 2. The molecule has 0 amide bonds. The van der Waals surface area contributed by atoms with Gasteiger partial charge in [0.05, 0.1) is 0 Å². The van der Waals surface area contributed by atoms with E-state index in [4.69, 9.17) is 23.2 Å². The van der Waals surface area contributed by atoms with Gasteiger partial charge in [0.2, 0.25) is 20.0 Å². The molecule has 0 aliphatic rings. The molecule has 0 aliphatic carbocycles. The van der Waals surface area contributed by atoms with Crippen LogP contribution >= 0.6 is 23.2 Å². The van der Waals surface area contributed by atoms with Gasteiger partial charge in [-0.05, 0) is 37.1 Å². The quantitative estimate of drug-likeness (QED) is 0.455. The predicted molar refractivity (Wildman–Crippen MR) is 98.1 cm³/mol. The van der Waals surface area contributed by atoms with E-state index in [1.165, 1.54) is 36.7 Å². The van der Waals surface area contributed by atoms with Crippen molar-refractivity contribution in [3.63, 3.8) is 0 Å². The maximum Gasteiger partial charge on any atom is 0.242 e. The third-order valence-electron chi connectivity index (χ3n) is 3.21. The summed E-state index contributed by atoms with van der Waals surface area (Å²) in [4.78, 5) is 7.46. The zero-order chi connectivity index (χ0) is 19.2. The summed E-state index contributed by atoms with van der Waals surface area (Å²) in [6.45, 7) is 0.324. The van der Waals surface area contributed by atoms with Gasteiger partial charge in [-0.15, -0.1) is 0 Å². The van der Waals surface area contributed by atoms with Crippen LogP contribution in [-0.2, 0) is 20.0 Å². The fraction of sp³-hybridized carbons (Fsp3) is 0.286. The minimum Gasteiger partial charge on any atom is -0.243 e. The maximum absolute atomic E-state index is 12.0. The fourth-order valence-electron chi connectivity index (χ4n) is 1.87. The van der Waals surface area contributed by atoms with E-state index in [1.807, 2.05) is 0 Å². The van der Waals surface area contributed by atoms with E-state index in [1.54, 1.807) is 0 Å².